The first-order valence-electron chi connectivity index (χ1n) is 6.26. The molecule has 0 saturated carbocycles. The van der Waals surface area contributed by atoms with Crippen LogP contribution in [0.25, 0.3) is 5.76 Å². The highest BCUT2D eigenvalue weighted by molar-refractivity contribution is 5.84. The summed E-state index contributed by atoms with van der Waals surface area (Å²) in [5.41, 5.74) is 1.99. The zero-order chi connectivity index (χ0) is 14.1. The van der Waals surface area contributed by atoms with Crippen LogP contribution in [-0.2, 0) is 4.74 Å². The summed E-state index contributed by atoms with van der Waals surface area (Å²) >= 11 is 0. The van der Waals surface area contributed by atoms with Gasteiger partial charge in [0.05, 0.1) is 0 Å². The fourth-order valence-corrected chi connectivity index (χ4v) is 2.18. The number of furan rings is 1. The summed E-state index contributed by atoms with van der Waals surface area (Å²) in [7, 11) is 0. The molecule has 0 aliphatic carbocycles. The van der Waals surface area contributed by atoms with Gasteiger partial charge in [0.2, 0.25) is 5.76 Å². The molecule has 0 fully saturated rings. The van der Waals surface area contributed by atoms with Crippen molar-refractivity contribution >= 4 is 11.7 Å². The fraction of sp³-hybridized carbons (Fsp3) is 0.200. The largest absolute Gasteiger partial charge is 0.482 e. The van der Waals surface area contributed by atoms with Crippen molar-refractivity contribution in [1.82, 2.24) is 4.98 Å². The van der Waals surface area contributed by atoms with Gasteiger partial charge in [-0.3, -0.25) is 4.98 Å². The monoisotopic (exact) mass is 271 g/mol. The molecule has 0 amide bonds. The van der Waals surface area contributed by atoms with Gasteiger partial charge in [-0.15, -0.1) is 0 Å². The summed E-state index contributed by atoms with van der Waals surface area (Å²) < 4.78 is 11.1. The van der Waals surface area contributed by atoms with Crippen molar-refractivity contribution in [2.75, 3.05) is 0 Å². The lowest BCUT2D eigenvalue weighted by atomic mass is 10.1. The minimum Gasteiger partial charge on any atom is -0.482 e. The third-order valence-corrected chi connectivity index (χ3v) is 3.14. The van der Waals surface area contributed by atoms with Crippen molar-refractivity contribution in [2.45, 2.75) is 19.4 Å². The molecule has 1 aliphatic heterocycles. The van der Waals surface area contributed by atoms with E-state index < -0.39 is 5.97 Å². The van der Waals surface area contributed by atoms with Gasteiger partial charge in [0, 0.05) is 18.3 Å². The van der Waals surface area contributed by atoms with Crippen LogP contribution >= 0.6 is 0 Å². The molecule has 0 radical (unpaired) electrons. The summed E-state index contributed by atoms with van der Waals surface area (Å²) in [6.07, 6.45) is 4.30. The van der Waals surface area contributed by atoms with Gasteiger partial charge in [0.25, 0.3) is 0 Å². The van der Waals surface area contributed by atoms with Crippen LogP contribution in [0.3, 0.4) is 0 Å². The lowest BCUT2D eigenvalue weighted by Crippen LogP contribution is -1.98. The molecular formula is C15H13NO4. The Morgan fingerprint density at radius 1 is 1.40 bits per heavy atom. The number of ether oxygens (including phenoxy) is 1. The number of pyridine rings is 1. The number of hydrogen-bond donors (Lipinski definition) is 1. The van der Waals surface area contributed by atoms with Gasteiger partial charge in [-0.25, -0.2) is 4.79 Å². The van der Waals surface area contributed by atoms with Crippen molar-refractivity contribution < 1.29 is 19.1 Å². The number of carbonyl (C=O) groups is 1. The average Bonchev–Trinajstić information content (AvgIpc) is 3.08. The third kappa shape index (κ3) is 2.30. The first kappa shape index (κ1) is 12.5. The number of aromatic nitrogens is 1. The molecule has 20 heavy (non-hydrogen) atoms. The van der Waals surface area contributed by atoms with Crippen molar-refractivity contribution in [1.29, 1.82) is 0 Å². The Kier molecular flexibility index (Phi) is 3.02. The van der Waals surface area contributed by atoms with Crippen LogP contribution in [0.4, 0.5) is 0 Å². The number of aryl methyl sites for hydroxylation is 1. The predicted molar refractivity (Wildman–Crippen MR) is 71.1 cm³/mol. The van der Waals surface area contributed by atoms with Crippen molar-refractivity contribution in [2.24, 2.45) is 0 Å². The van der Waals surface area contributed by atoms with Crippen molar-refractivity contribution in [3.05, 3.63) is 59.3 Å². The molecule has 0 saturated heterocycles. The molecule has 1 aliphatic rings. The second-order valence-corrected chi connectivity index (χ2v) is 4.61. The number of carboxylic acid groups (broad SMARTS) is 1. The molecule has 0 spiro atoms. The molecule has 3 rings (SSSR count). The number of rotatable bonds is 3. The van der Waals surface area contributed by atoms with E-state index in [4.69, 9.17) is 14.3 Å². The van der Waals surface area contributed by atoms with E-state index in [9.17, 15) is 4.79 Å². The SMILES string of the molecule is Cc1cc(C2CC=C(c3ccc(C(=O)O)o3)O2)ccn1. The highest BCUT2D eigenvalue weighted by atomic mass is 16.5. The van der Waals surface area contributed by atoms with Crippen LogP contribution in [0.15, 0.2) is 41.0 Å². The van der Waals surface area contributed by atoms with E-state index in [1.807, 2.05) is 25.1 Å². The van der Waals surface area contributed by atoms with Gasteiger partial charge in [-0.05, 0) is 42.8 Å². The summed E-state index contributed by atoms with van der Waals surface area (Å²) in [6, 6.07) is 6.92. The highest BCUT2D eigenvalue weighted by Gasteiger charge is 2.24. The van der Waals surface area contributed by atoms with Gasteiger partial charge in [0.1, 0.15) is 6.10 Å². The Hall–Kier alpha value is -2.56. The standard InChI is InChI=1S/C15H13NO4/c1-9-8-10(6-7-16-9)11-2-3-12(19-11)13-4-5-14(20-13)15(17)18/h3-8,11H,2H2,1H3,(H,17,18). The van der Waals surface area contributed by atoms with Gasteiger partial charge in [-0.1, -0.05) is 0 Å². The zero-order valence-corrected chi connectivity index (χ0v) is 10.9. The zero-order valence-electron chi connectivity index (χ0n) is 10.9. The summed E-state index contributed by atoms with van der Waals surface area (Å²) in [5.74, 6) is -0.156. The van der Waals surface area contributed by atoms with E-state index in [0.29, 0.717) is 11.5 Å². The first-order chi connectivity index (χ1) is 9.63. The first-order valence-corrected chi connectivity index (χ1v) is 6.26. The Labute approximate surface area is 115 Å². The maximum Gasteiger partial charge on any atom is 0.371 e. The van der Waals surface area contributed by atoms with Gasteiger partial charge in [0.15, 0.2) is 11.5 Å². The molecule has 0 bridgehead atoms. The Morgan fingerprint density at radius 3 is 2.95 bits per heavy atom. The molecule has 5 nitrogen and oxygen atoms in total. The summed E-state index contributed by atoms with van der Waals surface area (Å²) in [5, 5.41) is 8.84. The molecular weight excluding hydrogens is 258 g/mol. The van der Waals surface area contributed by atoms with E-state index >= 15 is 0 Å². The van der Waals surface area contributed by atoms with Crippen LogP contribution < -0.4 is 0 Å². The van der Waals surface area contributed by atoms with Crippen LogP contribution in [0.1, 0.15) is 40.1 Å². The maximum absolute atomic E-state index is 10.8. The van der Waals surface area contributed by atoms with E-state index in [2.05, 4.69) is 4.98 Å². The second-order valence-electron chi connectivity index (χ2n) is 4.61. The maximum atomic E-state index is 10.8. The molecule has 3 heterocycles. The summed E-state index contributed by atoms with van der Waals surface area (Å²) in [4.78, 5) is 14.9. The number of aromatic carboxylic acids is 1. The average molecular weight is 271 g/mol. The molecule has 1 unspecified atom stereocenters. The number of hydrogen-bond acceptors (Lipinski definition) is 4. The lowest BCUT2D eigenvalue weighted by Gasteiger charge is -2.12. The van der Waals surface area contributed by atoms with E-state index in [-0.39, 0.29) is 11.9 Å². The molecule has 2 aromatic rings. The molecule has 0 aromatic carbocycles. The molecule has 102 valence electrons. The van der Waals surface area contributed by atoms with E-state index in [0.717, 1.165) is 17.7 Å². The van der Waals surface area contributed by atoms with E-state index in [1.54, 1.807) is 12.3 Å². The quantitative estimate of drug-likeness (QED) is 0.928. The van der Waals surface area contributed by atoms with Crippen LogP contribution in [-0.4, -0.2) is 16.1 Å². The minimum absolute atomic E-state index is 0.0786. The summed E-state index contributed by atoms with van der Waals surface area (Å²) in [6.45, 7) is 1.93. The Balaban J connectivity index is 1.77. The van der Waals surface area contributed by atoms with Crippen LogP contribution in [0, 0.1) is 6.92 Å². The predicted octanol–water partition coefficient (Wildman–Crippen LogP) is 3.18. The van der Waals surface area contributed by atoms with Crippen LogP contribution in [0.2, 0.25) is 0 Å². The van der Waals surface area contributed by atoms with Gasteiger partial charge in [-0.2, -0.15) is 0 Å². The minimum atomic E-state index is -1.09. The van der Waals surface area contributed by atoms with Gasteiger partial charge < -0.3 is 14.3 Å². The smallest absolute Gasteiger partial charge is 0.371 e. The fourth-order valence-electron chi connectivity index (χ4n) is 2.18. The second kappa shape index (κ2) is 4.85. The molecule has 2 aromatic heterocycles. The van der Waals surface area contributed by atoms with Crippen molar-refractivity contribution in [3.8, 4) is 0 Å². The van der Waals surface area contributed by atoms with E-state index in [1.165, 1.54) is 6.07 Å². The highest BCUT2D eigenvalue weighted by Crippen LogP contribution is 2.36. The third-order valence-electron chi connectivity index (χ3n) is 3.14. The molecule has 1 atom stereocenters. The Morgan fingerprint density at radius 2 is 2.25 bits per heavy atom. The van der Waals surface area contributed by atoms with Crippen LogP contribution in [0.5, 0.6) is 0 Å². The van der Waals surface area contributed by atoms with Gasteiger partial charge >= 0.3 is 5.97 Å². The number of carboxylic acids is 1. The topological polar surface area (TPSA) is 72.6 Å². The lowest BCUT2D eigenvalue weighted by molar-refractivity contribution is 0.0661. The van der Waals surface area contributed by atoms with Crippen molar-refractivity contribution in [3.63, 3.8) is 0 Å². The Bertz CT molecular complexity index is 687. The molecule has 1 N–H and O–H groups in total. The normalized spacial score (nSPS) is 17.6. The number of nitrogens with zero attached hydrogens (tertiary/aromatic N) is 1. The molecule has 5 heteroatoms.